The lowest BCUT2D eigenvalue weighted by Gasteiger charge is -2.09. The van der Waals surface area contributed by atoms with Crippen LogP contribution < -0.4 is 4.74 Å². The van der Waals surface area contributed by atoms with Crippen LogP contribution in [0.5, 0.6) is 5.75 Å². The van der Waals surface area contributed by atoms with Crippen LogP contribution in [0.15, 0.2) is 12.1 Å². The Balaban J connectivity index is 2.51. The molecule has 0 saturated heterocycles. The van der Waals surface area contributed by atoms with Gasteiger partial charge in [-0.15, -0.1) is 0 Å². The van der Waals surface area contributed by atoms with Crippen molar-refractivity contribution in [1.82, 2.24) is 0 Å². The van der Waals surface area contributed by atoms with Gasteiger partial charge in [0.25, 0.3) is 0 Å². The van der Waals surface area contributed by atoms with E-state index in [9.17, 15) is 0 Å². The topological polar surface area (TPSA) is 42.2 Å². The SMILES string of the molecule is COc1ccc2c(c1CC#N)COC2. The van der Waals surface area contributed by atoms with E-state index < -0.39 is 0 Å². The third kappa shape index (κ3) is 1.34. The number of rotatable bonds is 2. The Bertz CT molecular complexity index is 393. The van der Waals surface area contributed by atoms with Gasteiger partial charge in [-0.1, -0.05) is 6.07 Å². The standard InChI is InChI=1S/C11H11NO2/c1-13-11-3-2-8-6-14-7-10(8)9(11)4-5-12/h2-3H,4,6-7H2,1H3. The summed E-state index contributed by atoms with van der Waals surface area (Å²) in [6.45, 7) is 1.25. The van der Waals surface area contributed by atoms with Crippen molar-refractivity contribution in [3.63, 3.8) is 0 Å². The van der Waals surface area contributed by atoms with Crippen molar-refractivity contribution in [1.29, 1.82) is 5.26 Å². The zero-order chi connectivity index (χ0) is 9.97. The summed E-state index contributed by atoms with van der Waals surface area (Å²) >= 11 is 0. The van der Waals surface area contributed by atoms with Gasteiger partial charge in [-0.25, -0.2) is 0 Å². The van der Waals surface area contributed by atoms with Gasteiger partial charge in [0.05, 0.1) is 32.8 Å². The molecule has 0 amide bonds. The summed E-state index contributed by atoms with van der Waals surface area (Å²) in [4.78, 5) is 0. The number of fused-ring (bicyclic) bond motifs is 1. The van der Waals surface area contributed by atoms with Crippen LogP contribution in [-0.2, 0) is 24.4 Å². The summed E-state index contributed by atoms with van der Waals surface area (Å²) in [5.74, 6) is 0.788. The fourth-order valence-corrected chi connectivity index (χ4v) is 1.76. The van der Waals surface area contributed by atoms with E-state index in [1.165, 1.54) is 5.56 Å². The second-order valence-electron chi connectivity index (χ2n) is 3.21. The Labute approximate surface area is 82.9 Å². The zero-order valence-electron chi connectivity index (χ0n) is 8.04. The van der Waals surface area contributed by atoms with Gasteiger partial charge in [0, 0.05) is 5.56 Å². The van der Waals surface area contributed by atoms with Crippen LogP contribution in [0.2, 0.25) is 0 Å². The van der Waals surface area contributed by atoms with Crippen molar-refractivity contribution in [3.8, 4) is 11.8 Å². The molecule has 0 bridgehead atoms. The molecule has 0 N–H and O–H groups in total. The van der Waals surface area contributed by atoms with E-state index >= 15 is 0 Å². The molecule has 1 aliphatic rings. The second-order valence-corrected chi connectivity index (χ2v) is 3.21. The molecular formula is C11H11NO2. The molecule has 72 valence electrons. The van der Waals surface area contributed by atoms with Crippen LogP contribution in [-0.4, -0.2) is 7.11 Å². The second kappa shape index (κ2) is 3.69. The van der Waals surface area contributed by atoms with Crippen molar-refractivity contribution < 1.29 is 9.47 Å². The normalized spacial score (nSPS) is 13.4. The van der Waals surface area contributed by atoms with E-state index in [0.29, 0.717) is 19.6 Å². The molecule has 0 fully saturated rings. The van der Waals surface area contributed by atoms with Crippen LogP contribution in [0, 0.1) is 11.3 Å². The van der Waals surface area contributed by atoms with Gasteiger partial charge in [-0.3, -0.25) is 0 Å². The third-order valence-corrected chi connectivity index (χ3v) is 2.46. The summed E-state index contributed by atoms with van der Waals surface area (Å²) in [5.41, 5.74) is 3.28. The van der Waals surface area contributed by atoms with E-state index in [1.54, 1.807) is 7.11 Å². The average molecular weight is 189 g/mol. The zero-order valence-corrected chi connectivity index (χ0v) is 8.04. The summed E-state index contributed by atoms with van der Waals surface area (Å²) in [6.07, 6.45) is 0.385. The van der Waals surface area contributed by atoms with Crippen molar-refractivity contribution in [2.45, 2.75) is 19.6 Å². The lowest BCUT2D eigenvalue weighted by molar-refractivity contribution is 0.134. The number of ether oxygens (including phenoxy) is 2. The highest BCUT2D eigenvalue weighted by molar-refractivity contribution is 5.47. The van der Waals surface area contributed by atoms with Crippen molar-refractivity contribution >= 4 is 0 Å². The molecule has 2 rings (SSSR count). The van der Waals surface area contributed by atoms with Crippen LogP contribution in [0.4, 0.5) is 0 Å². The minimum absolute atomic E-state index is 0.385. The smallest absolute Gasteiger partial charge is 0.123 e. The lowest BCUT2D eigenvalue weighted by atomic mass is 10.0. The molecule has 0 spiro atoms. The number of benzene rings is 1. The predicted molar refractivity (Wildman–Crippen MR) is 50.8 cm³/mol. The van der Waals surface area contributed by atoms with E-state index in [4.69, 9.17) is 14.7 Å². The van der Waals surface area contributed by atoms with E-state index in [-0.39, 0.29) is 0 Å². The monoisotopic (exact) mass is 189 g/mol. The fraction of sp³-hybridized carbons (Fsp3) is 0.364. The minimum atomic E-state index is 0.385. The van der Waals surface area contributed by atoms with Gasteiger partial charge in [0.1, 0.15) is 5.75 Å². The van der Waals surface area contributed by atoms with Crippen LogP contribution in [0.3, 0.4) is 0 Å². The fourth-order valence-electron chi connectivity index (χ4n) is 1.76. The number of methoxy groups -OCH3 is 1. The molecule has 3 nitrogen and oxygen atoms in total. The molecular weight excluding hydrogens is 178 g/mol. The maximum atomic E-state index is 8.72. The largest absolute Gasteiger partial charge is 0.496 e. The highest BCUT2D eigenvalue weighted by atomic mass is 16.5. The highest BCUT2D eigenvalue weighted by Gasteiger charge is 2.18. The molecule has 0 aromatic heterocycles. The summed E-state index contributed by atoms with van der Waals surface area (Å²) in [5, 5.41) is 8.72. The first-order chi connectivity index (χ1) is 6.86. The summed E-state index contributed by atoms with van der Waals surface area (Å²) in [6, 6.07) is 6.06. The van der Waals surface area contributed by atoms with Crippen LogP contribution in [0.25, 0.3) is 0 Å². The van der Waals surface area contributed by atoms with Crippen LogP contribution in [0.1, 0.15) is 16.7 Å². The molecule has 3 heteroatoms. The van der Waals surface area contributed by atoms with E-state index in [1.807, 2.05) is 12.1 Å². The predicted octanol–water partition coefficient (Wildman–Crippen LogP) is 1.79. The number of nitrogens with zero attached hydrogens (tertiary/aromatic N) is 1. The Morgan fingerprint density at radius 3 is 3.07 bits per heavy atom. The van der Waals surface area contributed by atoms with E-state index in [0.717, 1.165) is 16.9 Å². The average Bonchev–Trinajstić information content (AvgIpc) is 2.67. The Morgan fingerprint density at radius 2 is 2.36 bits per heavy atom. The molecule has 1 heterocycles. The first-order valence-corrected chi connectivity index (χ1v) is 4.49. The van der Waals surface area contributed by atoms with Gasteiger partial charge in [0.15, 0.2) is 0 Å². The Kier molecular flexibility index (Phi) is 2.38. The highest BCUT2D eigenvalue weighted by Crippen LogP contribution is 2.30. The first-order valence-electron chi connectivity index (χ1n) is 4.49. The molecule has 1 aliphatic heterocycles. The Morgan fingerprint density at radius 1 is 1.50 bits per heavy atom. The quantitative estimate of drug-likeness (QED) is 0.712. The van der Waals surface area contributed by atoms with Gasteiger partial charge in [0.2, 0.25) is 0 Å². The molecule has 0 aliphatic carbocycles. The maximum absolute atomic E-state index is 8.72. The number of hydrogen-bond acceptors (Lipinski definition) is 3. The van der Waals surface area contributed by atoms with Crippen molar-refractivity contribution in [2.75, 3.05) is 7.11 Å². The third-order valence-electron chi connectivity index (χ3n) is 2.46. The maximum Gasteiger partial charge on any atom is 0.123 e. The molecule has 1 aromatic carbocycles. The van der Waals surface area contributed by atoms with Gasteiger partial charge >= 0.3 is 0 Å². The summed E-state index contributed by atoms with van der Waals surface area (Å²) in [7, 11) is 1.62. The lowest BCUT2D eigenvalue weighted by Crippen LogP contribution is -1.97. The van der Waals surface area contributed by atoms with Crippen molar-refractivity contribution in [2.24, 2.45) is 0 Å². The first kappa shape index (κ1) is 9.04. The van der Waals surface area contributed by atoms with Crippen LogP contribution >= 0.6 is 0 Å². The number of hydrogen-bond donors (Lipinski definition) is 0. The van der Waals surface area contributed by atoms with Gasteiger partial charge in [-0.2, -0.15) is 5.26 Å². The van der Waals surface area contributed by atoms with Gasteiger partial charge < -0.3 is 9.47 Å². The Hall–Kier alpha value is -1.53. The number of nitriles is 1. The molecule has 1 aromatic rings. The molecule has 0 atom stereocenters. The molecule has 14 heavy (non-hydrogen) atoms. The van der Waals surface area contributed by atoms with E-state index in [2.05, 4.69) is 6.07 Å². The van der Waals surface area contributed by atoms with Crippen molar-refractivity contribution in [3.05, 3.63) is 28.8 Å². The molecule has 0 saturated carbocycles. The molecule has 0 radical (unpaired) electrons. The summed E-state index contributed by atoms with van der Waals surface area (Å²) < 4.78 is 10.6. The van der Waals surface area contributed by atoms with Gasteiger partial charge in [-0.05, 0) is 17.2 Å². The molecule has 0 unspecified atom stereocenters. The minimum Gasteiger partial charge on any atom is -0.496 e.